The molecule has 1 atom stereocenters. The molecule has 0 unspecified atom stereocenters. The van der Waals surface area contributed by atoms with Gasteiger partial charge < -0.3 is 10.0 Å². The fourth-order valence-electron chi connectivity index (χ4n) is 2.18. The van der Waals surface area contributed by atoms with Gasteiger partial charge in [-0.05, 0) is 66.2 Å². The molecule has 0 bridgehead atoms. The zero-order valence-corrected chi connectivity index (χ0v) is 11.6. The van der Waals surface area contributed by atoms with Crippen LogP contribution in [0.1, 0.15) is 30.9 Å². The first kappa shape index (κ1) is 12.3. The molecule has 1 saturated heterocycles. The van der Waals surface area contributed by atoms with E-state index in [1.54, 1.807) is 0 Å². The van der Waals surface area contributed by atoms with Gasteiger partial charge in [0, 0.05) is 10.1 Å². The number of β-amino-alcohol motifs (C(OH)–C–C–N with tert-alkyl or cyclic N) is 1. The molecule has 0 aliphatic carbocycles. The highest BCUT2D eigenvalue weighted by atomic mass is 127. The summed E-state index contributed by atoms with van der Waals surface area (Å²) in [6, 6.07) is 8.15. The zero-order valence-electron chi connectivity index (χ0n) is 9.40. The van der Waals surface area contributed by atoms with Crippen molar-refractivity contribution in [3.8, 4) is 0 Å². The van der Waals surface area contributed by atoms with Crippen molar-refractivity contribution in [3.63, 3.8) is 0 Å². The maximum Gasteiger partial charge on any atom is 0.0916 e. The van der Waals surface area contributed by atoms with E-state index in [1.807, 2.05) is 12.1 Å². The molecule has 88 valence electrons. The van der Waals surface area contributed by atoms with Crippen LogP contribution in [0.15, 0.2) is 24.3 Å². The molecule has 1 aliphatic heterocycles. The minimum absolute atomic E-state index is 0.338. The lowest BCUT2D eigenvalue weighted by Gasteiger charge is -2.28. The van der Waals surface area contributed by atoms with Gasteiger partial charge in [-0.15, -0.1) is 0 Å². The van der Waals surface area contributed by atoms with Crippen molar-refractivity contribution < 1.29 is 5.11 Å². The third-order valence-corrected chi connectivity index (χ3v) is 3.85. The monoisotopic (exact) mass is 331 g/mol. The predicted octanol–water partition coefficient (Wildman–Crippen LogP) is 2.81. The number of likely N-dealkylation sites (tertiary alicyclic amines) is 1. The number of rotatable bonds is 3. The first-order chi connectivity index (χ1) is 7.75. The molecule has 1 aliphatic rings. The van der Waals surface area contributed by atoms with Gasteiger partial charge in [0.1, 0.15) is 0 Å². The summed E-state index contributed by atoms with van der Waals surface area (Å²) in [5.74, 6) is 0. The first-order valence-electron chi connectivity index (χ1n) is 5.91. The Balaban J connectivity index is 1.91. The molecule has 3 heteroatoms. The Bertz CT molecular complexity index is 319. The van der Waals surface area contributed by atoms with Crippen molar-refractivity contribution >= 4 is 22.6 Å². The normalized spacial score (nSPS) is 19.6. The number of halogens is 1. The summed E-state index contributed by atoms with van der Waals surface area (Å²) >= 11 is 2.28. The summed E-state index contributed by atoms with van der Waals surface area (Å²) in [5.41, 5.74) is 1.03. The number of nitrogens with zero attached hydrogens (tertiary/aromatic N) is 1. The zero-order chi connectivity index (χ0) is 11.4. The SMILES string of the molecule is O[C@H](CN1CCCCC1)c1ccc(I)cc1. The minimum Gasteiger partial charge on any atom is -0.387 e. The molecule has 1 fully saturated rings. The van der Waals surface area contributed by atoms with Crippen molar-refractivity contribution in [1.82, 2.24) is 4.90 Å². The summed E-state index contributed by atoms with van der Waals surface area (Å²) in [6.45, 7) is 3.06. The van der Waals surface area contributed by atoms with E-state index in [0.29, 0.717) is 0 Å². The van der Waals surface area contributed by atoms with E-state index in [1.165, 1.54) is 22.8 Å². The van der Waals surface area contributed by atoms with E-state index < -0.39 is 0 Å². The summed E-state index contributed by atoms with van der Waals surface area (Å²) in [7, 11) is 0. The Kier molecular flexibility index (Phi) is 4.61. The highest BCUT2D eigenvalue weighted by Gasteiger charge is 2.15. The second kappa shape index (κ2) is 5.98. The smallest absolute Gasteiger partial charge is 0.0916 e. The summed E-state index contributed by atoms with van der Waals surface area (Å²) in [5, 5.41) is 10.1. The van der Waals surface area contributed by atoms with Gasteiger partial charge in [-0.2, -0.15) is 0 Å². The van der Waals surface area contributed by atoms with Gasteiger partial charge in [0.25, 0.3) is 0 Å². The average molecular weight is 331 g/mol. The minimum atomic E-state index is -0.338. The Morgan fingerprint density at radius 1 is 1.12 bits per heavy atom. The maximum atomic E-state index is 10.1. The molecule has 1 heterocycles. The molecule has 2 rings (SSSR count). The third kappa shape index (κ3) is 3.43. The summed E-state index contributed by atoms with van der Waals surface area (Å²) in [4.78, 5) is 2.37. The lowest BCUT2D eigenvalue weighted by atomic mass is 10.1. The number of hydrogen-bond donors (Lipinski definition) is 1. The van der Waals surface area contributed by atoms with Gasteiger partial charge in [0.05, 0.1) is 6.10 Å². The summed E-state index contributed by atoms with van der Waals surface area (Å²) in [6.07, 6.45) is 3.56. The van der Waals surface area contributed by atoms with Crippen molar-refractivity contribution in [2.75, 3.05) is 19.6 Å². The second-order valence-electron chi connectivity index (χ2n) is 4.43. The van der Waals surface area contributed by atoms with E-state index in [4.69, 9.17) is 0 Å². The van der Waals surface area contributed by atoms with Gasteiger partial charge in [-0.25, -0.2) is 0 Å². The van der Waals surface area contributed by atoms with Crippen molar-refractivity contribution in [3.05, 3.63) is 33.4 Å². The molecular formula is C13H18INO. The van der Waals surface area contributed by atoms with Gasteiger partial charge in [0.15, 0.2) is 0 Å². The van der Waals surface area contributed by atoms with Crippen LogP contribution in [-0.2, 0) is 0 Å². The predicted molar refractivity (Wildman–Crippen MR) is 74.4 cm³/mol. The Morgan fingerprint density at radius 3 is 2.38 bits per heavy atom. The molecule has 1 N–H and O–H groups in total. The van der Waals surface area contributed by atoms with Crippen LogP contribution in [0.5, 0.6) is 0 Å². The number of piperidine rings is 1. The standard InChI is InChI=1S/C13H18INO/c14-12-6-4-11(5-7-12)13(16)10-15-8-2-1-3-9-15/h4-7,13,16H,1-3,8-10H2/t13-/m1/s1. The molecule has 16 heavy (non-hydrogen) atoms. The Hall–Kier alpha value is -0.130. The first-order valence-corrected chi connectivity index (χ1v) is 6.99. The van der Waals surface area contributed by atoms with Crippen LogP contribution >= 0.6 is 22.6 Å². The van der Waals surface area contributed by atoms with E-state index in [9.17, 15) is 5.11 Å². The quantitative estimate of drug-likeness (QED) is 0.861. The van der Waals surface area contributed by atoms with Crippen molar-refractivity contribution in [2.45, 2.75) is 25.4 Å². The number of aliphatic hydroxyl groups excluding tert-OH is 1. The fourth-order valence-corrected chi connectivity index (χ4v) is 2.54. The molecule has 0 amide bonds. The van der Waals surface area contributed by atoms with Crippen LogP contribution < -0.4 is 0 Å². The van der Waals surface area contributed by atoms with E-state index in [-0.39, 0.29) is 6.10 Å². The average Bonchev–Trinajstić information content (AvgIpc) is 2.31. The lowest BCUT2D eigenvalue weighted by Crippen LogP contribution is -2.33. The van der Waals surface area contributed by atoms with Crippen molar-refractivity contribution in [2.24, 2.45) is 0 Å². The molecule has 0 radical (unpaired) electrons. The van der Waals surface area contributed by atoms with Gasteiger partial charge >= 0.3 is 0 Å². The largest absolute Gasteiger partial charge is 0.387 e. The van der Waals surface area contributed by atoms with E-state index >= 15 is 0 Å². The van der Waals surface area contributed by atoms with E-state index in [2.05, 4.69) is 39.6 Å². The van der Waals surface area contributed by atoms with Crippen LogP contribution in [-0.4, -0.2) is 29.6 Å². The fraction of sp³-hybridized carbons (Fsp3) is 0.538. The maximum absolute atomic E-state index is 10.1. The van der Waals surface area contributed by atoms with Crippen LogP contribution in [0.25, 0.3) is 0 Å². The van der Waals surface area contributed by atoms with Gasteiger partial charge in [0.2, 0.25) is 0 Å². The molecule has 0 aromatic heterocycles. The molecular weight excluding hydrogens is 313 g/mol. The van der Waals surface area contributed by atoms with Crippen LogP contribution in [0.4, 0.5) is 0 Å². The summed E-state index contributed by atoms with van der Waals surface area (Å²) < 4.78 is 1.21. The molecule has 0 spiro atoms. The molecule has 2 nitrogen and oxygen atoms in total. The highest BCUT2D eigenvalue weighted by Crippen LogP contribution is 2.18. The lowest BCUT2D eigenvalue weighted by molar-refractivity contribution is 0.101. The number of hydrogen-bond acceptors (Lipinski definition) is 2. The topological polar surface area (TPSA) is 23.5 Å². The third-order valence-electron chi connectivity index (χ3n) is 3.13. The van der Waals surface area contributed by atoms with Crippen LogP contribution in [0, 0.1) is 3.57 Å². The Morgan fingerprint density at radius 2 is 1.75 bits per heavy atom. The molecule has 1 aromatic rings. The molecule has 0 saturated carbocycles. The van der Waals surface area contributed by atoms with Crippen molar-refractivity contribution in [1.29, 1.82) is 0 Å². The van der Waals surface area contributed by atoms with Gasteiger partial charge in [-0.1, -0.05) is 18.6 Å². The number of benzene rings is 1. The second-order valence-corrected chi connectivity index (χ2v) is 5.67. The number of aliphatic hydroxyl groups is 1. The van der Waals surface area contributed by atoms with Gasteiger partial charge in [-0.3, -0.25) is 0 Å². The Labute approximate surface area is 111 Å². The highest BCUT2D eigenvalue weighted by molar-refractivity contribution is 14.1. The van der Waals surface area contributed by atoms with Crippen LogP contribution in [0.3, 0.4) is 0 Å². The molecule has 1 aromatic carbocycles. The van der Waals surface area contributed by atoms with E-state index in [0.717, 1.165) is 25.2 Å². The van der Waals surface area contributed by atoms with Crippen LogP contribution in [0.2, 0.25) is 0 Å².